The van der Waals surface area contributed by atoms with Gasteiger partial charge in [-0.3, -0.25) is 9.69 Å². The molecular formula is C36H41ClN6O3S2. The number of carboxylic acid groups (broad SMARTS) is 1. The van der Waals surface area contributed by atoms with Crippen LogP contribution in [0.15, 0.2) is 46.0 Å². The molecule has 9 nitrogen and oxygen atoms in total. The Bertz CT molecular complexity index is 1930. The van der Waals surface area contributed by atoms with Gasteiger partial charge in [-0.25, -0.2) is 4.79 Å². The average molecular weight is 705 g/mol. The number of hydrazone groups is 1. The molecule has 1 fully saturated rings. The topological polar surface area (TPSA) is 88.1 Å². The Morgan fingerprint density at radius 3 is 2.73 bits per heavy atom. The largest absolute Gasteiger partial charge is 0.491 e. The lowest BCUT2D eigenvalue weighted by Gasteiger charge is -2.30. The second-order valence-electron chi connectivity index (χ2n) is 12.7. The molecule has 8 bridgehead atoms. The number of fused-ring (bicyclic) bond motifs is 7. The van der Waals surface area contributed by atoms with Crippen LogP contribution in [-0.2, 0) is 38.4 Å². The van der Waals surface area contributed by atoms with Crippen LogP contribution in [0, 0.1) is 0 Å². The predicted octanol–water partition coefficient (Wildman–Crippen LogP) is 7.62. The highest BCUT2D eigenvalue weighted by atomic mass is 35.5. The van der Waals surface area contributed by atoms with Gasteiger partial charge < -0.3 is 19.3 Å². The Morgan fingerprint density at radius 2 is 1.88 bits per heavy atom. The normalized spacial score (nSPS) is 19.3. The maximum Gasteiger partial charge on any atom is 0.352 e. The van der Waals surface area contributed by atoms with E-state index in [0.717, 1.165) is 95.2 Å². The van der Waals surface area contributed by atoms with Crippen molar-refractivity contribution in [1.29, 1.82) is 0 Å². The molecule has 48 heavy (non-hydrogen) atoms. The average Bonchev–Trinajstić information content (AvgIpc) is 3.73. The SMILES string of the molecule is CN1CCCc2cc3cc(c21)OCCCc1c(C(=O)O)n(C)c2c(c(Cl)ccc12)/C=C1\CCCN1/N=C/CSCc1cc(n(C)n1)CS3. The minimum atomic E-state index is -0.942. The molecule has 2 aromatic carbocycles. The lowest BCUT2D eigenvalue weighted by atomic mass is 10.0. The third kappa shape index (κ3) is 6.56. The Kier molecular flexibility index (Phi) is 9.71. The molecule has 0 atom stereocenters. The van der Waals surface area contributed by atoms with Gasteiger partial charge in [-0.1, -0.05) is 17.7 Å². The summed E-state index contributed by atoms with van der Waals surface area (Å²) in [6, 6.07) is 10.6. The first-order valence-electron chi connectivity index (χ1n) is 16.5. The molecule has 3 aliphatic rings. The summed E-state index contributed by atoms with van der Waals surface area (Å²) in [6.07, 6.45) is 9.33. The number of ether oxygens (including phenoxy) is 1. The molecule has 0 spiro atoms. The summed E-state index contributed by atoms with van der Waals surface area (Å²) in [5, 5.41) is 23.5. The molecule has 5 heterocycles. The number of aromatic carboxylic acids is 1. The molecule has 0 amide bonds. The Morgan fingerprint density at radius 1 is 1.02 bits per heavy atom. The second-order valence-corrected chi connectivity index (χ2v) is 15.2. The Hall–Kier alpha value is -3.54. The maximum absolute atomic E-state index is 12.7. The van der Waals surface area contributed by atoms with Crippen LogP contribution < -0.4 is 9.64 Å². The number of rotatable bonds is 1. The predicted molar refractivity (Wildman–Crippen MR) is 198 cm³/mol. The first-order valence-corrected chi connectivity index (χ1v) is 19.1. The van der Waals surface area contributed by atoms with E-state index < -0.39 is 5.97 Å². The fourth-order valence-corrected chi connectivity index (χ4v) is 9.06. The van der Waals surface area contributed by atoms with Crippen LogP contribution >= 0.6 is 35.1 Å². The van der Waals surface area contributed by atoms with Gasteiger partial charge in [-0.15, -0.1) is 23.5 Å². The van der Waals surface area contributed by atoms with Gasteiger partial charge in [0.15, 0.2) is 0 Å². The monoisotopic (exact) mass is 704 g/mol. The Labute approximate surface area is 294 Å². The van der Waals surface area contributed by atoms with E-state index in [0.29, 0.717) is 30.2 Å². The van der Waals surface area contributed by atoms with Crippen LogP contribution in [0.3, 0.4) is 0 Å². The number of allylic oxidation sites excluding steroid dienone is 1. The van der Waals surface area contributed by atoms with Crippen LogP contribution in [-0.4, -0.2) is 69.1 Å². The first kappa shape index (κ1) is 33.0. The number of benzene rings is 2. The molecule has 12 heteroatoms. The molecule has 252 valence electrons. The smallest absolute Gasteiger partial charge is 0.352 e. The van der Waals surface area contributed by atoms with E-state index in [1.165, 1.54) is 21.8 Å². The van der Waals surface area contributed by atoms with Crippen molar-refractivity contribution in [1.82, 2.24) is 19.4 Å². The Balaban J connectivity index is 1.26. The number of halogens is 1. The maximum atomic E-state index is 12.7. The molecule has 7 rings (SSSR count). The van der Waals surface area contributed by atoms with Gasteiger partial charge in [-0.05, 0) is 80.0 Å². The molecular weight excluding hydrogens is 664 g/mol. The van der Waals surface area contributed by atoms with Crippen molar-refractivity contribution in [3.63, 3.8) is 0 Å². The highest BCUT2D eigenvalue weighted by Gasteiger charge is 2.25. The van der Waals surface area contributed by atoms with Gasteiger partial charge in [0, 0.05) is 90.0 Å². The second kappa shape index (κ2) is 14.1. The number of anilines is 1. The van der Waals surface area contributed by atoms with E-state index in [4.69, 9.17) is 26.5 Å². The lowest BCUT2D eigenvalue weighted by molar-refractivity contribution is 0.0685. The summed E-state index contributed by atoms with van der Waals surface area (Å²) >= 11 is 10.4. The summed E-state index contributed by atoms with van der Waals surface area (Å²) in [6.45, 7) is 2.31. The molecule has 1 saturated heterocycles. The van der Waals surface area contributed by atoms with Crippen molar-refractivity contribution in [3.05, 3.63) is 74.8 Å². The van der Waals surface area contributed by atoms with E-state index in [1.54, 1.807) is 16.3 Å². The minimum absolute atomic E-state index is 0.296. The number of hydrogen-bond acceptors (Lipinski definition) is 8. The summed E-state index contributed by atoms with van der Waals surface area (Å²) in [4.78, 5) is 16.2. The van der Waals surface area contributed by atoms with E-state index >= 15 is 0 Å². The summed E-state index contributed by atoms with van der Waals surface area (Å²) in [5.41, 5.74) is 8.59. The molecule has 0 saturated carbocycles. The summed E-state index contributed by atoms with van der Waals surface area (Å²) < 4.78 is 10.3. The number of hydrogen-bond donors (Lipinski definition) is 1. The third-order valence-electron chi connectivity index (χ3n) is 9.45. The zero-order valence-corrected chi connectivity index (χ0v) is 30.1. The number of aromatic nitrogens is 3. The minimum Gasteiger partial charge on any atom is -0.491 e. The molecule has 0 unspecified atom stereocenters. The fourth-order valence-electron chi connectivity index (χ4n) is 7.21. The number of aryl methyl sites for hydroxylation is 4. The van der Waals surface area contributed by atoms with Gasteiger partial charge in [0.2, 0.25) is 0 Å². The van der Waals surface area contributed by atoms with Gasteiger partial charge in [0.1, 0.15) is 11.4 Å². The number of carboxylic acids is 1. The quantitative estimate of drug-likeness (QED) is 0.217. The molecule has 2 aromatic heterocycles. The van der Waals surface area contributed by atoms with Crippen molar-refractivity contribution < 1.29 is 14.6 Å². The summed E-state index contributed by atoms with van der Waals surface area (Å²) in [5.74, 6) is 2.36. The van der Waals surface area contributed by atoms with Crippen LogP contribution in [0.2, 0.25) is 5.02 Å². The zero-order chi connectivity index (χ0) is 33.4. The van der Waals surface area contributed by atoms with Crippen LogP contribution in [0.5, 0.6) is 5.75 Å². The molecule has 0 aliphatic carbocycles. The number of nitrogens with zero attached hydrogens (tertiary/aromatic N) is 6. The summed E-state index contributed by atoms with van der Waals surface area (Å²) in [7, 11) is 5.98. The molecule has 0 radical (unpaired) electrons. The number of carbonyl (C=O) groups is 1. The molecule has 4 aromatic rings. The number of thioether (sulfide) groups is 2. The van der Waals surface area contributed by atoms with Crippen molar-refractivity contribution in [2.45, 2.75) is 54.9 Å². The van der Waals surface area contributed by atoms with Crippen LogP contribution in [0.4, 0.5) is 5.69 Å². The highest BCUT2D eigenvalue weighted by Crippen LogP contribution is 2.41. The van der Waals surface area contributed by atoms with Crippen molar-refractivity contribution in [3.8, 4) is 5.75 Å². The van der Waals surface area contributed by atoms with Crippen LogP contribution in [0.25, 0.3) is 17.0 Å². The third-order valence-corrected chi connectivity index (χ3v) is 11.7. The van der Waals surface area contributed by atoms with E-state index in [2.05, 4.69) is 41.2 Å². The zero-order valence-electron chi connectivity index (χ0n) is 27.7. The van der Waals surface area contributed by atoms with E-state index in [-0.39, 0.29) is 0 Å². The van der Waals surface area contributed by atoms with Gasteiger partial charge in [0.25, 0.3) is 0 Å². The first-order chi connectivity index (χ1) is 23.3. The van der Waals surface area contributed by atoms with Gasteiger partial charge in [-0.2, -0.15) is 10.2 Å². The van der Waals surface area contributed by atoms with E-state index in [1.807, 2.05) is 48.9 Å². The lowest BCUT2D eigenvalue weighted by Crippen LogP contribution is -2.25. The van der Waals surface area contributed by atoms with Crippen molar-refractivity contribution >= 4 is 70.0 Å². The van der Waals surface area contributed by atoms with Gasteiger partial charge in [0.05, 0.1) is 23.5 Å². The molecule has 3 aliphatic heterocycles. The van der Waals surface area contributed by atoms with Gasteiger partial charge >= 0.3 is 5.97 Å². The fraction of sp³-hybridized carbons (Fsp3) is 0.417. The standard InChI is InChI=1S/C36H41ClN6O3S2/c1-40-13-4-7-23-17-27-20-32(33(23)40)46-15-6-9-28-29-10-11-31(37)30(34(29)41(2)35(28)36(44)45)19-25-8-5-14-43(25)38-12-16-47-21-24-18-26(22-48-27)42(3)39-24/h10-12,17-20H,4-9,13-16,21-22H2,1-3H3,(H,44,45)/b25-19+,38-12+. The van der Waals surface area contributed by atoms with Crippen molar-refractivity contribution in [2.24, 2.45) is 19.2 Å². The highest BCUT2D eigenvalue weighted by molar-refractivity contribution is 7.99. The van der Waals surface area contributed by atoms with E-state index in [9.17, 15) is 9.90 Å². The van der Waals surface area contributed by atoms with Crippen LogP contribution in [0.1, 0.15) is 64.2 Å². The molecule has 1 N–H and O–H groups in total. The van der Waals surface area contributed by atoms with Crippen molar-refractivity contribution in [2.75, 3.05) is 37.4 Å².